The number of hydrogen-bond acceptors (Lipinski definition) is 3. The lowest BCUT2D eigenvalue weighted by Gasteiger charge is -2.31. The van der Waals surface area contributed by atoms with Crippen molar-refractivity contribution in [2.75, 3.05) is 25.4 Å². The minimum atomic E-state index is 0.148. The summed E-state index contributed by atoms with van der Waals surface area (Å²) in [7, 11) is 0. The molecular formula is C14H20N2O2. The first-order valence-corrected chi connectivity index (χ1v) is 6.39. The molecule has 1 saturated heterocycles. The van der Waals surface area contributed by atoms with Crippen LogP contribution in [0.15, 0.2) is 24.3 Å². The van der Waals surface area contributed by atoms with Gasteiger partial charge in [-0.25, -0.2) is 0 Å². The highest BCUT2D eigenvalue weighted by molar-refractivity contribution is 5.76. The van der Waals surface area contributed by atoms with Crippen LogP contribution in [0.3, 0.4) is 0 Å². The number of amides is 1. The molecule has 0 aromatic heterocycles. The van der Waals surface area contributed by atoms with Crippen LogP contribution >= 0.6 is 0 Å². The van der Waals surface area contributed by atoms with E-state index in [2.05, 4.69) is 0 Å². The fourth-order valence-electron chi connectivity index (χ4n) is 2.20. The molecule has 1 heterocycles. The number of ether oxygens (including phenoxy) is 1. The number of nitrogens with two attached hydrogens (primary N) is 1. The number of aryl methyl sites for hydroxylation is 1. The van der Waals surface area contributed by atoms with Gasteiger partial charge in [-0.1, -0.05) is 12.1 Å². The Hall–Kier alpha value is -1.55. The molecule has 1 atom stereocenters. The molecule has 1 fully saturated rings. The van der Waals surface area contributed by atoms with Crippen molar-refractivity contribution < 1.29 is 9.53 Å². The van der Waals surface area contributed by atoms with E-state index >= 15 is 0 Å². The minimum Gasteiger partial charge on any atom is -0.399 e. The summed E-state index contributed by atoms with van der Waals surface area (Å²) >= 11 is 0. The zero-order valence-electron chi connectivity index (χ0n) is 10.8. The highest BCUT2D eigenvalue weighted by Crippen LogP contribution is 2.11. The predicted octanol–water partition coefficient (Wildman–Crippen LogP) is 1.45. The van der Waals surface area contributed by atoms with E-state index in [-0.39, 0.29) is 12.0 Å². The molecule has 2 N–H and O–H groups in total. The number of morpholine rings is 1. The Morgan fingerprint density at radius 2 is 2.39 bits per heavy atom. The highest BCUT2D eigenvalue weighted by atomic mass is 16.5. The lowest BCUT2D eigenvalue weighted by Crippen LogP contribution is -2.44. The molecule has 0 spiro atoms. The molecule has 1 unspecified atom stereocenters. The molecular weight excluding hydrogens is 228 g/mol. The van der Waals surface area contributed by atoms with Gasteiger partial charge in [-0.2, -0.15) is 0 Å². The van der Waals surface area contributed by atoms with Crippen molar-refractivity contribution >= 4 is 11.6 Å². The third-order valence-electron chi connectivity index (χ3n) is 3.17. The van der Waals surface area contributed by atoms with Gasteiger partial charge in [-0.05, 0) is 31.0 Å². The number of carbonyl (C=O) groups excluding carboxylic acids is 1. The maximum atomic E-state index is 12.0. The van der Waals surface area contributed by atoms with Crippen LogP contribution in [-0.2, 0) is 16.0 Å². The standard InChI is InChI=1S/C14H20N2O2/c1-11-10-16(7-8-18-11)14(17)6-5-12-3-2-4-13(15)9-12/h2-4,9,11H,5-8,10,15H2,1H3. The van der Waals surface area contributed by atoms with E-state index in [4.69, 9.17) is 10.5 Å². The monoisotopic (exact) mass is 248 g/mol. The summed E-state index contributed by atoms with van der Waals surface area (Å²) in [6.45, 7) is 4.05. The number of benzene rings is 1. The van der Waals surface area contributed by atoms with Gasteiger partial charge in [0.25, 0.3) is 0 Å². The molecule has 1 aliphatic heterocycles. The minimum absolute atomic E-state index is 0.148. The number of nitrogens with zero attached hydrogens (tertiary/aromatic N) is 1. The van der Waals surface area contributed by atoms with Gasteiger partial charge in [-0.15, -0.1) is 0 Å². The summed E-state index contributed by atoms with van der Waals surface area (Å²) in [5, 5.41) is 0. The molecule has 98 valence electrons. The second-order valence-corrected chi connectivity index (χ2v) is 4.77. The smallest absolute Gasteiger partial charge is 0.223 e. The number of anilines is 1. The number of nitrogen functional groups attached to an aromatic ring is 1. The first-order valence-electron chi connectivity index (χ1n) is 6.39. The van der Waals surface area contributed by atoms with Gasteiger partial charge in [0.05, 0.1) is 12.7 Å². The first kappa shape index (κ1) is 12.9. The maximum Gasteiger partial charge on any atom is 0.223 e. The third-order valence-corrected chi connectivity index (χ3v) is 3.17. The van der Waals surface area contributed by atoms with Crippen LogP contribution in [0.5, 0.6) is 0 Å². The second-order valence-electron chi connectivity index (χ2n) is 4.77. The lowest BCUT2D eigenvalue weighted by molar-refractivity contribution is -0.138. The van der Waals surface area contributed by atoms with Crippen molar-refractivity contribution in [3.05, 3.63) is 29.8 Å². The van der Waals surface area contributed by atoms with Gasteiger partial charge < -0.3 is 15.4 Å². The molecule has 0 bridgehead atoms. The van der Waals surface area contributed by atoms with E-state index in [1.165, 1.54) is 0 Å². The van der Waals surface area contributed by atoms with Crippen LogP contribution in [-0.4, -0.2) is 36.6 Å². The summed E-state index contributed by atoms with van der Waals surface area (Å²) in [6.07, 6.45) is 1.43. The average Bonchev–Trinajstić information content (AvgIpc) is 2.36. The van der Waals surface area contributed by atoms with Crippen LogP contribution in [0.2, 0.25) is 0 Å². The summed E-state index contributed by atoms with van der Waals surface area (Å²) in [6, 6.07) is 7.71. The number of rotatable bonds is 3. The Bertz CT molecular complexity index is 420. The van der Waals surface area contributed by atoms with E-state index in [0.717, 1.165) is 17.7 Å². The lowest BCUT2D eigenvalue weighted by atomic mass is 10.1. The molecule has 4 nitrogen and oxygen atoms in total. The Morgan fingerprint density at radius 3 is 3.11 bits per heavy atom. The first-order chi connectivity index (χ1) is 8.65. The normalized spacial score (nSPS) is 19.8. The fraction of sp³-hybridized carbons (Fsp3) is 0.500. The quantitative estimate of drug-likeness (QED) is 0.824. The van der Waals surface area contributed by atoms with Crippen molar-refractivity contribution in [1.82, 2.24) is 4.90 Å². The third kappa shape index (κ3) is 3.47. The van der Waals surface area contributed by atoms with Gasteiger partial charge in [-0.3, -0.25) is 4.79 Å². The highest BCUT2D eigenvalue weighted by Gasteiger charge is 2.20. The van der Waals surface area contributed by atoms with Crippen LogP contribution < -0.4 is 5.73 Å². The van der Waals surface area contributed by atoms with Gasteiger partial charge in [0.15, 0.2) is 0 Å². The van der Waals surface area contributed by atoms with Gasteiger partial charge >= 0.3 is 0 Å². The van der Waals surface area contributed by atoms with Crippen molar-refractivity contribution in [3.8, 4) is 0 Å². The fourth-order valence-corrected chi connectivity index (χ4v) is 2.20. The van der Waals surface area contributed by atoms with Crippen molar-refractivity contribution in [2.45, 2.75) is 25.9 Å². The van der Waals surface area contributed by atoms with E-state index in [0.29, 0.717) is 26.1 Å². The van der Waals surface area contributed by atoms with Crippen molar-refractivity contribution in [1.29, 1.82) is 0 Å². The van der Waals surface area contributed by atoms with Gasteiger partial charge in [0.1, 0.15) is 0 Å². The number of carbonyl (C=O) groups is 1. The summed E-state index contributed by atoms with van der Waals surface area (Å²) < 4.78 is 5.43. The van der Waals surface area contributed by atoms with E-state index < -0.39 is 0 Å². The zero-order chi connectivity index (χ0) is 13.0. The molecule has 0 aliphatic carbocycles. The molecule has 1 aromatic carbocycles. The molecule has 0 saturated carbocycles. The molecule has 1 amide bonds. The maximum absolute atomic E-state index is 12.0. The van der Waals surface area contributed by atoms with Crippen LogP contribution in [0, 0.1) is 0 Å². The SMILES string of the molecule is CC1CN(C(=O)CCc2cccc(N)c2)CCO1. The predicted molar refractivity (Wildman–Crippen MR) is 71.2 cm³/mol. The second kappa shape index (κ2) is 5.87. The Balaban J connectivity index is 1.84. The van der Waals surface area contributed by atoms with Gasteiger partial charge in [0.2, 0.25) is 5.91 Å². The number of hydrogen-bond donors (Lipinski definition) is 1. The topological polar surface area (TPSA) is 55.6 Å². The summed E-state index contributed by atoms with van der Waals surface area (Å²) in [5.74, 6) is 0.201. The van der Waals surface area contributed by atoms with Crippen molar-refractivity contribution in [3.63, 3.8) is 0 Å². The largest absolute Gasteiger partial charge is 0.399 e. The van der Waals surface area contributed by atoms with Crippen LogP contribution in [0.4, 0.5) is 5.69 Å². The summed E-state index contributed by atoms with van der Waals surface area (Å²) in [5.41, 5.74) is 7.58. The molecule has 1 aromatic rings. The molecule has 0 radical (unpaired) electrons. The van der Waals surface area contributed by atoms with Crippen molar-refractivity contribution in [2.24, 2.45) is 0 Å². The molecule has 2 rings (SSSR count). The van der Waals surface area contributed by atoms with Crippen LogP contribution in [0.25, 0.3) is 0 Å². The van der Waals surface area contributed by atoms with Gasteiger partial charge in [0, 0.05) is 25.2 Å². The van der Waals surface area contributed by atoms with Crippen LogP contribution in [0.1, 0.15) is 18.9 Å². The van der Waals surface area contributed by atoms with E-state index in [1.54, 1.807) is 0 Å². The zero-order valence-corrected chi connectivity index (χ0v) is 10.8. The molecule has 18 heavy (non-hydrogen) atoms. The van der Waals surface area contributed by atoms with E-state index in [1.807, 2.05) is 36.1 Å². The Labute approximate surface area is 108 Å². The molecule has 1 aliphatic rings. The molecule has 4 heteroatoms. The van der Waals surface area contributed by atoms with E-state index in [9.17, 15) is 4.79 Å². The Morgan fingerprint density at radius 1 is 1.56 bits per heavy atom. The Kier molecular flexibility index (Phi) is 4.20. The summed E-state index contributed by atoms with van der Waals surface area (Å²) in [4.78, 5) is 13.9. The average molecular weight is 248 g/mol.